The maximum absolute atomic E-state index is 13.5. The van der Waals surface area contributed by atoms with Gasteiger partial charge in [-0.2, -0.15) is 0 Å². The molecule has 0 unspecified atom stereocenters. The molecule has 2 aromatic heterocycles. The van der Waals surface area contributed by atoms with Gasteiger partial charge in [0.1, 0.15) is 38.7 Å². The molecule has 0 spiro atoms. The summed E-state index contributed by atoms with van der Waals surface area (Å²) in [6, 6.07) is 15.1. The lowest BCUT2D eigenvalue weighted by molar-refractivity contribution is 0.00672. The number of fused-ring (bicyclic) bond motifs is 2. The van der Waals surface area contributed by atoms with Crippen molar-refractivity contribution in [1.82, 2.24) is 9.55 Å². The second-order valence-electron chi connectivity index (χ2n) is 9.81. The average molecular weight is 549 g/mol. The van der Waals surface area contributed by atoms with Gasteiger partial charge in [0.05, 0.1) is 24.5 Å². The maximum Gasteiger partial charge on any atom is 0.349 e. The first-order valence-electron chi connectivity index (χ1n) is 12.4. The molecule has 3 heterocycles. The molecule has 1 aliphatic heterocycles. The van der Waals surface area contributed by atoms with E-state index >= 15 is 0 Å². The van der Waals surface area contributed by atoms with Gasteiger partial charge < -0.3 is 24.8 Å². The van der Waals surface area contributed by atoms with Crippen LogP contribution in [-0.4, -0.2) is 46.8 Å². The van der Waals surface area contributed by atoms with Crippen molar-refractivity contribution in [3.63, 3.8) is 0 Å². The van der Waals surface area contributed by atoms with Crippen LogP contribution in [0, 0.1) is 0 Å². The van der Waals surface area contributed by atoms with Gasteiger partial charge in [-0.25, -0.2) is 14.6 Å². The first kappa shape index (κ1) is 26.2. The number of thiophene rings is 1. The van der Waals surface area contributed by atoms with Crippen molar-refractivity contribution in [2.24, 2.45) is 0 Å². The van der Waals surface area contributed by atoms with Crippen LogP contribution in [0.2, 0.25) is 0 Å². The normalized spacial score (nSPS) is 13.1. The number of hydrogen-bond acceptors (Lipinski definition) is 10. The minimum Gasteiger partial charge on any atom is -0.490 e. The molecule has 0 bridgehead atoms. The largest absolute Gasteiger partial charge is 0.490 e. The summed E-state index contributed by atoms with van der Waals surface area (Å²) in [5, 5.41) is 0. The van der Waals surface area contributed by atoms with E-state index in [1.54, 1.807) is 45.9 Å². The predicted octanol–water partition coefficient (Wildman–Crippen LogP) is 4.69. The zero-order valence-electron chi connectivity index (χ0n) is 22.0. The number of benzene rings is 2. The zero-order chi connectivity index (χ0) is 27.9. The van der Waals surface area contributed by atoms with E-state index < -0.39 is 23.1 Å². The van der Waals surface area contributed by atoms with Gasteiger partial charge in [-0.1, -0.05) is 18.2 Å². The van der Waals surface area contributed by atoms with Crippen LogP contribution in [0.4, 0.5) is 17.2 Å². The van der Waals surface area contributed by atoms with Crippen LogP contribution >= 0.6 is 11.3 Å². The number of carbonyl (C=O) groups is 2. The van der Waals surface area contributed by atoms with E-state index in [1.165, 1.54) is 4.57 Å². The Morgan fingerprint density at radius 3 is 2.54 bits per heavy atom. The van der Waals surface area contributed by atoms with Crippen molar-refractivity contribution in [2.45, 2.75) is 33.3 Å². The van der Waals surface area contributed by atoms with Gasteiger partial charge in [-0.3, -0.25) is 9.36 Å². The summed E-state index contributed by atoms with van der Waals surface area (Å²) in [7, 11) is 0. The third kappa shape index (κ3) is 4.92. The molecule has 39 heavy (non-hydrogen) atoms. The minimum absolute atomic E-state index is 0.0143. The van der Waals surface area contributed by atoms with E-state index in [1.807, 2.05) is 30.3 Å². The number of esters is 2. The Morgan fingerprint density at radius 1 is 1.10 bits per heavy atom. The summed E-state index contributed by atoms with van der Waals surface area (Å²) < 4.78 is 18.0. The fourth-order valence-electron chi connectivity index (χ4n) is 4.39. The number of para-hydroxylation sites is 1. The number of anilines is 3. The molecule has 10 nitrogen and oxygen atoms in total. The number of nitrogens with zero attached hydrogens (tertiary/aromatic N) is 3. The Bertz CT molecular complexity index is 1640. The highest BCUT2D eigenvalue weighted by Crippen LogP contribution is 2.39. The Labute approximate surface area is 228 Å². The van der Waals surface area contributed by atoms with E-state index in [-0.39, 0.29) is 33.2 Å². The topological polar surface area (TPSA) is 126 Å². The van der Waals surface area contributed by atoms with Crippen LogP contribution in [0.25, 0.3) is 16.0 Å². The van der Waals surface area contributed by atoms with E-state index in [0.29, 0.717) is 24.6 Å². The lowest BCUT2D eigenvalue weighted by atomic mass is 10.1. The molecule has 0 saturated carbocycles. The monoisotopic (exact) mass is 548 g/mol. The van der Waals surface area contributed by atoms with E-state index in [2.05, 4.69) is 9.88 Å². The van der Waals surface area contributed by atoms with Gasteiger partial charge in [-0.15, -0.1) is 11.3 Å². The summed E-state index contributed by atoms with van der Waals surface area (Å²) in [5.41, 5.74) is 6.70. The quantitative estimate of drug-likeness (QED) is 0.353. The highest BCUT2D eigenvalue weighted by Gasteiger charge is 2.32. The molecule has 1 aliphatic rings. The van der Waals surface area contributed by atoms with Crippen LogP contribution in [0.15, 0.2) is 53.3 Å². The highest BCUT2D eigenvalue weighted by atomic mass is 32.1. The average Bonchev–Trinajstić information content (AvgIpc) is 3.27. The second kappa shape index (κ2) is 10.1. The molecule has 5 rings (SSSR count). The summed E-state index contributed by atoms with van der Waals surface area (Å²) in [6.45, 7) is 8.00. The maximum atomic E-state index is 13.5. The van der Waals surface area contributed by atoms with Crippen LogP contribution in [0.3, 0.4) is 0 Å². The Morgan fingerprint density at radius 2 is 1.85 bits per heavy atom. The van der Waals surface area contributed by atoms with Crippen LogP contribution in [0.5, 0.6) is 5.75 Å². The smallest absolute Gasteiger partial charge is 0.349 e. The third-order valence-electron chi connectivity index (χ3n) is 5.93. The number of nitrogen functional groups attached to an aromatic ring is 1. The molecule has 202 valence electrons. The zero-order valence-corrected chi connectivity index (χ0v) is 22.8. The lowest BCUT2D eigenvalue weighted by Crippen LogP contribution is -2.29. The molecule has 4 aromatic rings. The number of ether oxygens (including phenoxy) is 3. The molecule has 2 aromatic carbocycles. The minimum atomic E-state index is -0.858. The Balaban J connectivity index is 1.78. The SMILES string of the molecule is CCOC(=O)c1sc2nc(N)c(=O)n(-c3ccc4c(c3)N(c3ccccc3)CCO4)c2c1C(=O)OC(C)(C)C. The van der Waals surface area contributed by atoms with Gasteiger partial charge in [0.15, 0.2) is 5.82 Å². The van der Waals surface area contributed by atoms with Gasteiger partial charge in [0.2, 0.25) is 0 Å². The molecular formula is C28H28N4O6S. The summed E-state index contributed by atoms with van der Waals surface area (Å²) in [4.78, 5) is 46.5. The Kier molecular flexibility index (Phi) is 6.77. The van der Waals surface area contributed by atoms with Gasteiger partial charge in [-0.05, 0) is 58.0 Å². The number of hydrogen-bond donors (Lipinski definition) is 1. The lowest BCUT2D eigenvalue weighted by Gasteiger charge is -2.31. The second-order valence-corrected chi connectivity index (χ2v) is 10.8. The number of rotatable bonds is 5. The molecule has 0 radical (unpaired) electrons. The molecular weight excluding hydrogens is 520 g/mol. The van der Waals surface area contributed by atoms with Gasteiger partial charge in [0.25, 0.3) is 5.56 Å². The third-order valence-corrected chi connectivity index (χ3v) is 6.98. The summed E-state index contributed by atoms with van der Waals surface area (Å²) >= 11 is 0.923. The van der Waals surface area contributed by atoms with Crippen molar-refractivity contribution in [3.05, 3.63) is 69.3 Å². The summed E-state index contributed by atoms with van der Waals surface area (Å²) in [5.74, 6) is -1.12. The van der Waals surface area contributed by atoms with Gasteiger partial charge in [0, 0.05) is 5.69 Å². The van der Waals surface area contributed by atoms with Crippen LogP contribution in [-0.2, 0) is 9.47 Å². The molecule has 0 atom stereocenters. The molecule has 0 aliphatic carbocycles. The molecule has 2 N–H and O–H groups in total. The number of nitrogens with two attached hydrogens (primary N) is 1. The van der Waals surface area contributed by atoms with Crippen LogP contribution < -0.4 is 20.9 Å². The number of carbonyl (C=O) groups excluding carboxylic acids is 2. The van der Waals surface area contributed by atoms with E-state index in [4.69, 9.17) is 19.9 Å². The fourth-order valence-corrected chi connectivity index (χ4v) is 5.45. The Hall–Kier alpha value is -4.38. The molecule has 0 fully saturated rings. The molecule has 11 heteroatoms. The van der Waals surface area contributed by atoms with Crippen molar-refractivity contribution in [2.75, 3.05) is 30.4 Å². The first-order valence-corrected chi connectivity index (χ1v) is 13.3. The molecule has 0 amide bonds. The molecule has 0 saturated heterocycles. The van der Waals surface area contributed by atoms with Crippen molar-refractivity contribution in [1.29, 1.82) is 0 Å². The fraction of sp³-hybridized carbons (Fsp3) is 0.286. The standard InChI is InChI=1S/C28H28N4O6S/c1-5-36-27(35)22-20(26(34)38-28(2,3)4)21-24(39-22)30-23(29)25(33)32(21)17-11-12-19-18(15-17)31(13-14-37-19)16-9-7-6-8-10-16/h6-12,15H,5,13-14H2,1-4H3,(H2,29,30). The first-order chi connectivity index (χ1) is 18.6. The predicted molar refractivity (Wildman–Crippen MR) is 150 cm³/mol. The van der Waals surface area contributed by atoms with E-state index in [9.17, 15) is 14.4 Å². The van der Waals surface area contributed by atoms with Crippen molar-refractivity contribution in [3.8, 4) is 11.4 Å². The van der Waals surface area contributed by atoms with E-state index in [0.717, 1.165) is 22.7 Å². The summed E-state index contributed by atoms with van der Waals surface area (Å²) in [6.07, 6.45) is 0. The van der Waals surface area contributed by atoms with Crippen LogP contribution in [0.1, 0.15) is 47.7 Å². The van der Waals surface area contributed by atoms with Crippen molar-refractivity contribution >= 4 is 50.8 Å². The highest BCUT2D eigenvalue weighted by molar-refractivity contribution is 7.20. The van der Waals surface area contributed by atoms with Crippen molar-refractivity contribution < 1.29 is 23.8 Å². The van der Waals surface area contributed by atoms with Gasteiger partial charge >= 0.3 is 11.9 Å². The number of aromatic nitrogens is 2.